The van der Waals surface area contributed by atoms with E-state index in [0.29, 0.717) is 0 Å². The number of hydrogen-bond donors (Lipinski definition) is 5. The molecule has 0 saturated heterocycles. The van der Waals surface area contributed by atoms with Gasteiger partial charge in [0.1, 0.15) is 6.04 Å². The number of carbonyl (C=O) groups excluding carboxylic acids is 1. The molecule has 9 heteroatoms. The lowest BCUT2D eigenvalue weighted by Gasteiger charge is -2.20. The van der Waals surface area contributed by atoms with E-state index in [9.17, 15) is 14.2 Å². The Morgan fingerprint density at radius 1 is 1.00 bits per heavy atom. The summed E-state index contributed by atoms with van der Waals surface area (Å²) in [7, 11) is -4.37. The number of carboxylic acids is 1. The highest BCUT2D eigenvalue weighted by Gasteiger charge is 2.25. The van der Waals surface area contributed by atoms with Gasteiger partial charge < -0.3 is 20.2 Å². The van der Waals surface area contributed by atoms with E-state index in [1.54, 1.807) is 0 Å². The van der Waals surface area contributed by atoms with Crippen LogP contribution in [-0.2, 0) is 20.6 Å². The van der Waals surface area contributed by atoms with Gasteiger partial charge in [0.25, 0.3) is 0 Å². The van der Waals surface area contributed by atoms with Gasteiger partial charge in [0, 0.05) is 0 Å². The molecule has 0 aliphatic carbocycles. The minimum Gasteiger partial charge on any atom is -0.480 e. The van der Waals surface area contributed by atoms with Gasteiger partial charge in [-0.25, -0.2) is 0 Å². The fourth-order valence-corrected chi connectivity index (χ4v) is 3.02. The zero-order valence-electron chi connectivity index (χ0n) is 15.3. The molecule has 1 unspecified atom stereocenters. The number of rotatable bonds is 9. The summed E-state index contributed by atoms with van der Waals surface area (Å²) in [4.78, 5) is 41.5. The largest absolute Gasteiger partial charge is 0.480 e. The molecular formula is C19H23N2O6P. The third-order valence-corrected chi connectivity index (χ3v) is 4.68. The van der Waals surface area contributed by atoms with Gasteiger partial charge in [-0.15, -0.1) is 0 Å². The van der Waals surface area contributed by atoms with Gasteiger partial charge in [0.15, 0.2) is 0 Å². The number of aliphatic carboxylic acids is 1. The van der Waals surface area contributed by atoms with Gasteiger partial charge in [0.2, 0.25) is 5.91 Å². The van der Waals surface area contributed by atoms with Crippen LogP contribution in [0.1, 0.15) is 12.5 Å². The van der Waals surface area contributed by atoms with Crippen LogP contribution >= 0.6 is 7.60 Å². The Bertz CT molecular complexity index is 850. The Morgan fingerprint density at radius 3 is 2.11 bits per heavy atom. The van der Waals surface area contributed by atoms with Crippen LogP contribution in [0.15, 0.2) is 54.6 Å². The van der Waals surface area contributed by atoms with Crippen molar-refractivity contribution in [2.24, 2.45) is 0 Å². The molecule has 0 spiro atoms. The first kappa shape index (κ1) is 21.8. The lowest BCUT2D eigenvalue weighted by molar-refractivity contribution is -0.141. The number of carbonyl (C=O) groups is 2. The average molecular weight is 406 g/mol. The molecule has 2 aromatic carbocycles. The van der Waals surface area contributed by atoms with Crippen LogP contribution in [0, 0.1) is 0 Å². The van der Waals surface area contributed by atoms with E-state index in [0.717, 1.165) is 16.7 Å². The molecule has 5 N–H and O–H groups in total. The maximum atomic E-state index is 12.4. The fourth-order valence-electron chi connectivity index (χ4n) is 2.56. The number of benzene rings is 2. The van der Waals surface area contributed by atoms with Crippen LogP contribution in [0.3, 0.4) is 0 Å². The van der Waals surface area contributed by atoms with Crippen molar-refractivity contribution in [1.82, 2.24) is 10.6 Å². The highest BCUT2D eigenvalue weighted by atomic mass is 31.2. The first-order chi connectivity index (χ1) is 13.2. The van der Waals surface area contributed by atoms with Crippen LogP contribution in [0.4, 0.5) is 0 Å². The molecule has 0 radical (unpaired) electrons. The topological polar surface area (TPSA) is 136 Å². The number of carboxylic acid groups (broad SMARTS) is 1. The number of hydrogen-bond acceptors (Lipinski definition) is 4. The van der Waals surface area contributed by atoms with Crippen molar-refractivity contribution in [3.05, 3.63) is 60.2 Å². The maximum absolute atomic E-state index is 12.4. The molecule has 0 aliphatic heterocycles. The smallest absolute Gasteiger partial charge is 0.339 e. The molecule has 0 aromatic heterocycles. The third-order valence-electron chi connectivity index (χ3n) is 4.09. The first-order valence-electron chi connectivity index (χ1n) is 8.61. The summed E-state index contributed by atoms with van der Waals surface area (Å²) in [6, 6.07) is 15.0. The normalized spacial score (nSPS) is 13.5. The summed E-state index contributed by atoms with van der Waals surface area (Å²) in [5.74, 6) is -1.84. The van der Waals surface area contributed by atoms with Gasteiger partial charge in [-0.05, 0) is 30.0 Å². The van der Waals surface area contributed by atoms with Crippen molar-refractivity contribution in [1.29, 1.82) is 0 Å². The maximum Gasteiger partial charge on any atom is 0.339 e. The summed E-state index contributed by atoms with van der Waals surface area (Å²) in [6.07, 6.45) is -0.540. The van der Waals surface area contributed by atoms with E-state index in [2.05, 4.69) is 10.6 Å². The first-order valence-corrected chi connectivity index (χ1v) is 10.4. The molecule has 0 aliphatic rings. The molecular weight excluding hydrogens is 383 g/mol. The van der Waals surface area contributed by atoms with E-state index in [-0.39, 0.29) is 6.42 Å². The molecule has 0 fully saturated rings. The average Bonchev–Trinajstić information content (AvgIpc) is 2.65. The second kappa shape index (κ2) is 9.61. The van der Waals surface area contributed by atoms with Crippen molar-refractivity contribution in [3.8, 4) is 11.1 Å². The molecule has 1 amide bonds. The Kier molecular flexibility index (Phi) is 7.48. The summed E-state index contributed by atoms with van der Waals surface area (Å²) < 4.78 is 11.1. The molecule has 2 atom stereocenters. The SMILES string of the molecule is C[C@H](NC(=O)C(Cc1ccc(-c2ccccc2)cc1)NCP(=O)(O)O)C(=O)O. The van der Waals surface area contributed by atoms with E-state index in [4.69, 9.17) is 14.9 Å². The Labute approximate surface area is 162 Å². The monoisotopic (exact) mass is 406 g/mol. The van der Waals surface area contributed by atoms with Gasteiger partial charge in [-0.3, -0.25) is 19.5 Å². The zero-order chi connectivity index (χ0) is 20.7. The van der Waals surface area contributed by atoms with Crippen LogP contribution in [0.25, 0.3) is 11.1 Å². The third kappa shape index (κ3) is 6.90. The lowest BCUT2D eigenvalue weighted by atomic mass is 10.0. The quantitative estimate of drug-likeness (QED) is 0.399. The summed E-state index contributed by atoms with van der Waals surface area (Å²) in [5.41, 5.74) is 2.80. The van der Waals surface area contributed by atoms with Gasteiger partial charge in [-0.2, -0.15) is 0 Å². The van der Waals surface area contributed by atoms with Crippen molar-refractivity contribution in [3.63, 3.8) is 0 Å². The Hall–Kier alpha value is -2.51. The molecule has 8 nitrogen and oxygen atoms in total. The van der Waals surface area contributed by atoms with E-state index in [1.165, 1.54) is 6.92 Å². The van der Waals surface area contributed by atoms with E-state index in [1.807, 2.05) is 54.6 Å². The van der Waals surface area contributed by atoms with Crippen LogP contribution in [0.2, 0.25) is 0 Å². The predicted molar refractivity (Wildman–Crippen MR) is 105 cm³/mol. The molecule has 0 bridgehead atoms. The van der Waals surface area contributed by atoms with Crippen LogP contribution < -0.4 is 10.6 Å². The second-order valence-electron chi connectivity index (χ2n) is 6.42. The number of amides is 1. The Balaban J connectivity index is 2.13. The van der Waals surface area contributed by atoms with Crippen LogP contribution in [0.5, 0.6) is 0 Å². The highest BCUT2D eigenvalue weighted by molar-refractivity contribution is 7.51. The second-order valence-corrected chi connectivity index (χ2v) is 8.06. The molecule has 0 heterocycles. The highest BCUT2D eigenvalue weighted by Crippen LogP contribution is 2.32. The minimum absolute atomic E-state index is 0.146. The van der Waals surface area contributed by atoms with Crippen LogP contribution in [-0.4, -0.2) is 45.1 Å². The van der Waals surface area contributed by atoms with Crippen molar-refractivity contribution >= 4 is 19.5 Å². The molecule has 2 rings (SSSR count). The summed E-state index contributed by atoms with van der Waals surface area (Å²) in [5, 5.41) is 13.8. The van der Waals surface area contributed by atoms with Crippen molar-refractivity contribution < 1.29 is 29.0 Å². The van der Waals surface area contributed by atoms with Gasteiger partial charge in [-0.1, -0.05) is 54.6 Å². The van der Waals surface area contributed by atoms with E-state index < -0.39 is 37.8 Å². The Morgan fingerprint density at radius 2 is 1.57 bits per heavy atom. The molecule has 28 heavy (non-hydrogen) atoms. The lowest BCUT2D eigenvalue weighted by Crippen LogP contribution is -2.50. The van der Waals surface area contributed by atoms with Crippen molar-refractivity contribution in [2.45, 2.75) is 25.4 Å². The fraction of sp³-hybridized carbons (Fsp3) is 0.263. The molecule has 2 aromatic rings. The number of nitrogens with one attached hydrogen (secondary N) is 2. The molecule has 0 saturated carbocycles. The van der Waals surface area contributed by atoms with E-state index >= 15 is 0 Å². The predicted octanol–water partition coefficient (Wildman–Crippen LogP) is 1.58. The standard InChI is InChI=1S/C19H23N2O6P/c1-13(19(23)24)21-18(22)17(20-12-28(25,26)27)11-14-7-9-16(10-8-14)15-5-3-2-4-6-15/h2-10,13,17,20H,11-12H2,1H3,(H,21,22)(H,23,24)(H2,25,26,27)/t13-,17?/m0/s1. The van der Waals surface area contributed by atoms with Gasteiger partial charge >= 0.3 is 13.6 Å². The van der Waals surface area contributed by atoms with Gasteiger partial charge in [0.05, 0.1) is 12.3 Å². The minimum atomic E-state index is -4.37. The van der Waals surface area contributed by atoms with Crippen molar-refractivity contribution in [2.75, 3.05) is 6.29 Å². The zero-order valence-corrected chi connectivity index (χ0v) is 16.2. The summed E-state index contributed by atoms with van der Waals surface area (Å²) >= 11 is 0. The summed E-state index contributed by atoms with van der Waals surface area (Å²) in [6.45, 7) is 1.31. The molecule has 150 valence electrons.